The highest BCUT2D eigenvalue weighted by Crippen LogP contribution is 2.35. The second-order valence-electron chi connectivity index (χ2n) is 8.35. The number of methoxy groups -OCH3 is 1. The van der Waals surface area contributed by atoms with Crippen LogP contribution in [0.5, 0.6) is 0 Å². The number of anilines is 2. The van der Waals surface area contributed by atoms with Gasteiger partial charge in [-0.05, 0) is 45.1 Å². The van der Waals surface area contributed by atoms with Crippen molar-refractivity contribution in [1.29, 1.82) is 0 Å². The average molecular weight is 396 g/mol. The van der Waals surface area contributed by atoms with Gasteiger partial charge in [-0.3, -0.25) is 9.69 Å². The molecule has 1 fully saturated rings. The molecule has 2 aliphatic rings. The topological polar surface area (TPSA) is 87.6 Å². The molecule has 1 aromatic carbocycles. The second kappa shape index (κ2) is 7.72. The molecule has 0 atom stereocenters. The summed E-state index contributed by atoms with van der Waals surface area (Å²) in [5.41, 5.74) is 1.54. The van der Waals surface area contributed by atoms with Crippen molar-refractivity contribution < 1.29 is 14.6 Å². The SMILES string of the molecule is COC1CCC(N2C(=O)CNc3ncc(-c4ccc(C(C)(C)O)cc4)nc32)CC1. The van der Waals surface area contributed by atoms with Gasteiger partial charge in [-0.15, -0.1) is 0 Å². The van der Waals surface area contributed by atoms with Crippen molar-refractivity contribution in [3.8, 4) is 11.3 Å². The third-order valence-corrected chi connectivity index (χ3v) is 5.89. The molecule has 0 saturated heterocycles. The molecule has 1 amide bonds. The van der Waals surface area contributed by atoms with Crippen LogP contribution >= 0.6 is 0 Å². The first-order valence-electron chi connectivity index (χ1n) is 10.2. The van der Waals surface area contributed by atoms with Crippen LogP contribution in [0, 0.1) is 0 Å². The first-order chi connectivity index (χ1) is 13.9. The summed E-state index contributed by atoms with van der Waals surface area (Å²) in [7, 11) is 1.75. The van der Waals surface area contributed by atoms with E-state index in [4.69, 9.17) is 9.72 Å². The Bertz CT molecular complexity index is 884. The number of amides is 1. The summed E-state index contributed by atoms with van der Waals surface area (Å²) >= 11 is 0. The van der Waals surface area contributed by atoms with Crippen LogP contribution < -0.4 is 10.2 Å². The standard InChI is InChI=1S/C22H28N4O3/c1-22(2,28)15-6-4-14(5-7-15)18-12-23-20-21(25-18)26(19(27)13-24-20)16-8-10-17(29-3)11-9-16/h4-7,12,16-17,28H,8-11,13H2,1-3H3,(H,23,24). The van der Waals surface area contributed by atoms with Gasteiger partial charge in [0.2, 0.25) is 5.91 Å². The number of nitrogens with one attached hydrogen (secondary N) is 1. The largest absolute Gasteiger partial charge is 0.386 e. The summed E-state index contributed by atoms with van der Waals surface area (Å²) in [5, 5.41) is 13.3. The van der Waals surface area contributed by atoms with Gasteiger partial charge in [0.25, 0.3) is 0 Å². The van der Waals surface area contributed by atoms with Crippen LogP contribution in [0.3, 0.4) is 0 Å². The summed E-state index contributed by atoms with van der Waals surface area (Å²) in [6.07, 6.45) is 5.68. The molecule has 0 radical (unpaired) electrons. The molecule has 1 aromatic heterocycles. The number of aromatic nitrogens is 2. The van der Waals surface area contributed by atoms with Crippen molar-refractivity contribution >= 4 is 17.5 Å². The van der Waals surface area contributed by atoms with Gasteiger partial charge in [0.05, 0.1) is 30.1 Å². The van der Waals surface area contributed by atoms with E-state index < -0.39 is 5.60 Å². The van der Waals surface area contributed by atoms with Gasteiger partial charge < -0.3 is 15.2 Å². The van der Waals surface area contributed by atoms with E-state index in [2.05, 4.69) is 10.3 Å². The molecule has 4 rings (SSSR count). The molecule has 154 valence electrons. The third-order valence-electron chi connectivity index (χ3n) is 5.89. The van der Waals surface area contributed by atoms with Crippen LogP contribution in [0.25, 0.3) is 11.3 Å². The lowest BCUT2D eigenvalue weighted by atomic mass is 9.91. The van der Waals surface area contributed by atoms with E-state index in [0.29, 0.717) is 17.3 Å². The molecule has 1 aliphatic heterocycles. The minimum atomic E-state index is -0.895. The quantitative estimate of drug-likeness (QED) is 0.826. The van der Waals surface area contributed by atoms with Crippen molar-refractivity contribution in [3.05, 3.63) is 36.0 Å². The Hall–Kier alpha value is -2.51. The highest BCUT2D eigenvalue weighted by Gasteiger charge is 2.35. The summed E-state index contributed by atoms with van der Waals surface area (Å²) < 4.78 is 5.47. The normalized spacial score (nSPS) is 22.2. The molecular weight excluding hydrogens is 368 g/mol. The van der Waals surface area contributed by atoms with Crippen molar-refractivity contribution in [2.24, 2.45) is 0 Å². The molecule has 2 N–H and O–H groups in total. The lowest BCUT2D eigenvalue weighted by Crippen LogP contribution is -2.49. The number of rotatable bonds is 4. The number of ether oxygens (including phenoxy) is 1. The van der Waals surface area contributed by atoms with E-state index in [0.717, 1.165) is 36.8 Å². The van der Waals surface area contributed by atoms with E-state index in [1.54, 1.807) is 27.2 Å². The van der Waals surface area contributed by atoms with Gasteiger partial charge >= 0.3 is 0 Å². The Kier molecular flexibility index (Phi) is 5.27. The molecule has 0 bridgehead atoms. The first-order valence-corrected chi connectivity index (χ1v) is 10.2. The summed E-state index contributed by atoms with van der Waals surface area (Å²) in [6, 6.07) is 7.76. The van der Waals surface area contributed by atoms with Gasteiger partial charge in [0.1, 0.15) is 0 Å². The van der Waals surface area contributed by atoms with Crippen LogP contribution in [0.1, 0.15) is 45.1 Å². The minimum absolute atomic E-state index is 0.0298. The number of carbonyl (C=O) groups is 1. The zero-order valence-corrected chi connectivity index (χ0v) is 17.2. The van der Waals surface area contributed by atoms with Crippen molar-refractivity contribution in [1.82, 2.24) is 9.97 Å². The van der Waals surface area contributed by atoms with Crippen molar-refractivity contribution in [3.63, 3.8) is 0 Å². The molecule has 7 nitrogen and oxygen atoms in total. The first kappa shape index (κ1) is 19.8. The Balaban J connectivity index is 1.64. The predicted octanol–water partition coefficient (Wildman–Crippen LogP) is 3.09. The number of benzene rings is 1. The predicted molar refractivity (Wildman–Crippen MR) is 112 cm³/mol. The lowest BCUT2D eigenvalue weighted by Gasteiger charge is -2.38. The van der Waals surface area contributed by atoms with Crippen LogP contribution in [0.2, 0.25) is 0 Å². The number of fused-ring (bicyclic) bond motifs is 1. The number of nitrogens with zero attached hydrogens (tertiary/aromatic N) is 3. The maximum Gasteiger partial charge on any atom is 0.247 e. The Morgan fingerprint density at radius 2 is 1.86 bits per heavy atom. The smallest absolute Gasteiger partial charge is 0.247 e. The van der Waals surface area contributed by atoms with Gasteiger partial charge in [0, 0.05) is 18.7 Å². The zero-order valence-electron chi connectivity index (χ0n) is 17.2. The average Bonchev–Trinajstić information content (AvgIpc) is 2.73. The Labute approximate surface area is 171 Å². The molecule has 7 heteroatoms. The summed E-state index contributed by atoms with van der Waals surface area (Å²) in [6.45, 7) is 3.76. The maximum atomic E-state index is 12.7. The van der Waals surface area contributed by atoms with Gasteiger partial charge in [-0.2, -0.15) is 0 Å². The van der Waals surface area contributed by atoms with Crippen LogP contribution in [0.15, 0.2) is 30.5 Å². The monoisotopic (exact) mass is 396 g/mol. The number of hydrogen-bond acceptors (Lipinski definition) is 6. The second-order valence-corrected chi connectivity index (χ2v) is 8.35. The summed E-state index contributed by atoms with van der Waals surface area (Å²) in [4.78, 5) is 23.9. The van der Waals surface area contributed by atoms with E-state index in [1.165, 1.54) is 0 Å². The molecule has 0 spiro atoms. The fraction of sp³-hybridized carbons (Fsp3) is 0.500. The van der Waals surface area contributed by atoms with Crippen LogP contribution in [-0.2, 0) is 15.1 Å². The molecule has 1 saturated carbocycles. The number of aliphatic hydroxyl groups is 1. The fourth-order valence-electron chi connectivity index (χ4n) is 4.14. The fourth-order valence-corrected chi connectivity index (χ4v) is 4.14. The molecule has 0 unspecified atom stereocenters. The lowest BCUT2D eigenvalue weighted by molar-refractivity contribution is -0.118. The number of hydrogen-bond donors (Lipinski definition) is 2. The Morgan fingerprint density at radius 3 is 2.48 bits per heavy atom. The Morgan fingerprint density at radius 1 is 1.17 bits per heavy atom. The van der Waals surface area contributed by atoms with Crippen LogP contribution in [-0.4, -0.2) is 46.8 Å². The molecule has 2 heterocycles. The van der Waals surface area contributed by atoms with Crippen molar-refractivity contribution in [2.45, 2.75) is 57.3 Å². The van der Waals surface area contributed by atoms with E-state index in [1.807, 2.05) is 29.2 Å². The zero-order chi connectivity index (χ0) is 20.6. The van der Waals surface area contributed by atoms with E-state index >= 15 is 0 Å². The minimum Gasteiger partial charge on any atom is -0.386 e. The molecule has 2 aromatic rings. The third kappa shape index (κ3) is 3.97. The van der Waals surface area contributed by atoms with Crippen molar-refractivity contribution in [2.75, 3.05) is 23.9 Å². The van der Waals surface area contributed by atoms with E-state index in [9.17, 15) is 9.90 Å². The number of carbonyl (C=O) groups excluding carboxylic acids is 1. The van der Waals surface area contributed by atoms with Crippen LogP contribution in [0.4, 0.5) is 11.6 Å². The van der Waals surface area contributed by atoms with Gasteiger partial charge in [-0.1, -0.05) is 24.3 Å². The maximum absolute atomic E-state index is 12.7. The van der Waals surface area contributed by atoms with E-state index in [-0.39, 0.29) is 24.6 Å². The highest BCUT2D eigenvalue weighted by atomic mass is 16.5. The van der Waals surface area contributed by atoms with Gasteiger partial charge in [-0.25, -0.2) is 9.97 Å². The molecule has 1 aliphatic carbocycles. The highest BCUT2D eigenvalue weighted by molar-refractivity contribution is 6.01. The molecule has 29 heavy (non-hydrogen) atoms. The molecular formula is C22H28N4O3. The van der Waals surface area contributed by atoms with Gasteiger partial charge in [0.15, 0.2) is 11.6 Å². The summed E-state index contributed by atoms with van der Waals surface area (Å²) in [5.74, 6) is 1.28.